The molecule has 0 bridgehead atoms. The number of nitrogens with one attached hydrogen (secondary N) is 2. The monoisotopic (exact) mass is 320 g/mol. The van der Waals surface area contributed by atoms with Crippen LogP contribution in [-0.4, -0.2) is 34.3 Å². The van der Waals surface area contributed by atoms with E-state index in [9.17, 15) is 4.79 Å². The molecule has 0 fully saturated rings. The number of carbonyl (C=O) groups is 1. The van der Waals surface area contributed by atoms with Crippen LogP contribution in [-0.2, 0) is 11.3 Å². The van der Waals surface area contributed by atoms with Gasteiger partial charge in [0.15, 0.2) is 10.6 Å². The van der Waals surface area contributed by atoms with Gasteiger partial charge in [0.05, 0.1) is 7.11 Å². The molecule has 118 valence electrons. The van der Waals surface area contributed by atoms with Gasteiger partial charge >= 0.3 is 0 Å². The van der Waals surface area contributed by atoms with Gasteiger partial charge in [0.1, 0.15) is 12.3 Å². The average Bonchev–Trinajstić information content (AvgIpc) is 2.89. The van der Waals surface area contributed by atoms with Crippen molar-refractivity contribution in [2.75, 3.05) is 13.7 Å². The summed E-state index contributed by atoms with van der Waals surface area (Å²) in [7, 11) is 1.62. The molecule has 1 aromatic heterocycles. The summed E-state index contributed by atoms with van der Waals surface area (Å²) < 4.78 is 7.26. The highest BCUT2D eigenvalue weighted by molar-refractivity contribution is 7.71. The van der Waals surface area contributed by atoms with Crippen LogP contribution in [0.5, 0.6) is 5.75 Å². The summed E-state index contributed by atoms with van der Waals surface area (Å²) in [6.45, 7) is 2.92. The number of benzene rings is 1. The first-order chi connectivity index (χ1) is 10.7. The van der Waals surface area contributed by atoms with E-state index in [1.807, 2.05) is 24.3 Å². The van der Waals surface area contributed by atoms with E-state index < -0.39 is 0 Å². The van der Waals surface area contributed by atoms with Crippen LogP contribution in [0.25, 0.3) is 11.4 Å². The molecule has 0 saturated heterocycles. The normalized spacial score (nSPS) is 10.5. The Balaban J connectivity index is 2.16. The number of unbranched alkanes of at least 4 members (excludes halogenated alkanes) is 1. The Labute approximate surface area is 134 Å². The van der Waals surface area contributed by atoms with Crippen molar-refractivity contribution in [2.45, 2.75) is 26.3 Å². The third kappa shape index (κ3) is 3.94. The Morgan fingerprint density at radius 1 is 1.41 bits per heavy atom. The highest BCUT2D eigenvalue weighted by atomic mass is 32.1. The first-order valence-electron chi connectivity index (χ1n) is 7.22. The minimum atomic E-state index is -0.0688. The van der Waals surface area contributed by atoms with Crippen molar-refractivity contribution in [1.29, 1.82) is 0 Å². The van der Waals surface area contributed by atoms with Crippen LogP contribution in [0.2, 0.25) is 0 Å². The van der Waals surface area contributed by atoms with Crippen LogP contribution >= 0.6 is 12.2 Å². The Kier molecular flexibility index (Phi) is 5.71. The molecular weight excluding hydrogens is 300 g/mol. The zero-order chi connectivity index (χ0) is 15.9. The molecule has 1 amide bonds. The fraction of sp³-hybridized carbons (Fsp3) is 0.400. The molecule has 0 saturated carbocycles. The van der Waals surface area contributed by atoms with Crippen LogP contribution in [0.1, 0.15) is 19.8 Å². The zero-order valence-corrected chi connectivity index (χ0v) is 13.6. The maximum absolute atomic E-state index is 12.0. The highest BCUT2D eigenvalue weighted by Gasteiger charge is 2.12. The number of ether oxygens (including phenoxy) is 1. The SMILES string of the molecule is CCCCNC(=O)Cn1c(-c2ccc(OC)cc2)n[nH]c1=S. The lowest BCUT2D eigenvalue weighted by Gasteiger charge is -2.08. The van der Waals surface area contributed by atoms with E-state index >= 15 is 0 Å². The lowest BCUT2D eigenvalue weighted by atomic mass is 10.2. The molecule has 0 atom stereocenters. The number of hydrogen-bond acceptors (Lipinski definition) is 4. The largest absolute Gasteiger partial charge is 0.497 e. The molecule has 0 aliphatic heterocycles. The molecular formula is C15H20N4O2S. The summed E-state index contributed by atoms with van der Waals surface area (Å²) in [6.07, 6.45) is 2.01. The fourth-order valence-electron chi connectivity index (χ4n) is 2.03. The lowest BCUT2D eigenvalue weighted by molar-refractivity contribution is -0.121. The maximum atomic E-state index is 12.0. The number of aromatic nitrogens is 3. The second kappa shape index (κ2) is 7.74. The van der Waals surface area contributed by atoms with Crippen molar-refractivity contribution < 1.29 is 9.53 Å². The zero-order valence-electron chi connectivity index (χ0n) is 12.8. The van der Waals surface area contributed by atoms with Gasteiger partial charge < -0.3 is 10.1 Å². The van der Waals surface area contributed by atoms with Crippen LogP contribution in [0, 0.1) is 4.77 Å². The molecule has 0 aliphatic rings. The van der Waals surface area contributed by atoms with Crippen molar-refractivity contribution in [3.05, 3.63) is 29.0 Å². The van der Waals surface area contributed by atoms with Crippen LogP contribution in [0.4, 0.5) is 0 Å². The second-order valence-corrected chi connectivity index (χ2v) is 5.26. The van der Waals surface area contributed by atoms with Crippen LogP contribution < -0.4 is 10.1 Å². The molecule has 7 heteroatoms. The van der Waals surface area contributed by atoms with Crippen LogP contribution in [0.15, 0.2) is 24.3 Å². The Morgan fingerprint density at radius 3 is 2.77 bits per heavy atom. The second-order valence-electron chi connectivity index (χ2n) is 4.87. The van der Waals surface area contributed by atoms with Gasteiger partial charge in [0.2, 0.25) is 5.91 Å². The summed E-state index contributed by atoms with van der Waals surface area (Å²) in [5.41, 5.74) is 0.870. The summed E-state index contributed by atoms with van der Waals surface area (Å²) in [5.74, 6) is 1.33. The maximum Gasteiger partial charge on any atom is 0.240 e. The molecule has 6 nitrogen and oxygen atoms in total. The van der Waals surface area contributed by atoms with Gasteiger partial charge in [-0.15, -0.1) is 0 Å². The van der Waals surface area contributed by atoms with Crippen molar-refractivity contribution in [3.63, 3.8) is 0 Å². The number of H-pyrrole nitrogens is 1. The third-order valence-electron chi connectivity index (χ3n) is 3.26. The Morgan fingerprint density at radius 2 is 2.14 bits per heavy atom. The van der Waals surface area contributed by atoms with Gasteiger partial charge in [0.25, 0.3) is 0 Å². The van der Waals surface area contributed by atoms with Crippen molar-refractivity contribution in [2.24, 2.45) is 0 Å². The van der Waals surface area contributed by atoms with Gasteiger partial charge in [-0.3, -0.25) is 14.5 Å². The minimum Gasteiger partial charge on any atom is -0.497 e. The highest BCUT2D eigenvalue weighted by Crippen LogP contribution is 2.20. The number of methoxy groups -OCH3 is 1. The molecule has 0 unspecified atom stereocenters. The predicted octanol–water partition coefficient (Wildman–Crippen LogP) is 2.53. The number of carbonyl (C=O) groups excluding carboxylic acids is 1. The number of nitrogens with zero attached hydrogens (tertiary/aromatic N) is 2. The summed E-state index contributed by atoms with van der Waals surface area (Å²) in [5, 5.41) is 9.84. The molecule has 1 heterocycles. The summed E-state index contributed by atoms with van der Waals surface area (Å²) in [4.78, 5) is 12.0. The van der Waals surface area contributed by atoms with E-state index in [0.29, 0.717) is 17.1 Å². The molecule has 2 aromatic rings. The number of rotatable bonds is 7. The first-order valence-corrected chi connectivity index (χ1v) is 7.63. The molecule has 22 heavy (non-hydrogen) atoms. The first kappa shape index (κ1) is 16.2. The summed E-state index contributed by atoms with van der Waals surface area (Å²) >= 11 is 5.22. The van der Waals surface area contributed by atoms with Gasteiger partial charge in [-0.2, -0.15) is 5.10 Å². The molecule has 2 rings (SSSR count). The fourth-order valence-corrected chi connectivity index (χ4v) is 2.23. The average molecular weight is 320 g/mol. The van der Waals surface area contributed by atoms with Crippen molar-refractivity contribution in [3.8, 4) is 17.1 Å². The quantitative estimate of drug-likeness (QED) is 0.607. The smallest absolute Gasteiger partial charge is 0.240 e. The molecule has 0 spiro atoms. The topological polar surface area (TPSA) is 71.9 Å². The Bertz CT molecular complexity index is 676. The Hall–Kier alpha value is -2.15. The summed E-state index contributed by atoms with van der Waals surface area (Å²) in [6, 6.07) is 7.46. The molecule has 0 radical (unpaired) electrons. The van der Waals surface area contributed by atoms with Gasteiger partial charge in [0, 0.05) is 12.1 Å². The van der Waals surface area contributed by atoms with Crippen LogP contribution in [0.3, 0.4) is 0 Å². The van der Waals surface area contributed by atoms with E-state index in [-0.39, 0.29) is 12.5 Å². The molecule has 1 aromatic carbocycles. The van der Waals surface area contributed by atoms with Gasteiger partial charge in [-0.25, -0.2) is 0 Å². The molecule has 0 aliphatic carbocycles. The third-order valence-corrected chi connectivity index (χ3v) is 3.57. The van der Waals surface area contributed by atoms with E-state index in [2.05, 4.69) is 22.4 Å². The van der Waals surface area contributed by atoms with Crippen molar-refractivity contribution in [1.82, 2.24) is 20.1 Å². The van der Waals surface area contributed by atoms with Gasteiger partial charge in [-0.1, -0.05) is 13.3 Å². The van der Waals surface area contributed by atoms with E-state index in [4.69, 9.17) is 17.0 Å². The minimum absolute atomic E-state index is 0.0688. The standard InChI is InChI=1S/C15H20N4O2S/c1-3-4-9-16-13(20)10-19-14(17-18-15(19)22)11-5-7-12(21-2)8-6-11/h5-8H,3-4,9-10H2,1-2H3,(H,16,20)(H,18,22). The van der Waals surface area contributed by atoms with E-state index in [0.717, 1.165) is 24.2 Å². The number of hydrogen-bond donors (Lipinski definition) is 2. The van der Waals surface area contributed by atoms with Crippen molar-refractivity contribution >= 4 is 18.1 Å². The van der Waals surface area contributed by atoms with E-state index in [1.54, 1.807) is 11.7 Å². The predicted molar refractivity (Wildman–Crippen MR) is 87.3 cm³/mol. The van der Waals surface area contributed by atoms with Gasteiger partial charge in [-0.05, 0) is 42.9 Å². The lowest BCUT2D eigenvalue weighted by Crippen LogP contribution is -2.28. The van der Waals surface area contributed by atoms with E-state index in [1.165, 1.54) is 0 Å². The number of aromatic amines is 1. The molecule has 2 N–H and O–H groups in total. The number of amides is 1.